The molecule has 6 aromatic rings. The van der Waals surface area contributed by atoms with Crippen molar-refractivity contribution in [3.8, 4) is 0 Å². The van der Waals surface area contributed by atoms with Gasteiger partial charge in [0.15, 0.2) is 5.71 Å². The molecule has 8 nitrogen and oxygen atoms in total. The van der Waals surface area contributed by atoms with Gasteiger partial charge in [-0.05, 0) is 147 Å². The maximum atomic E-state index is 13.5. The summed E-state index contributed by atoms with van der Waals surface area (Å²) in [5.74, 6) is 2.31. The Morgan fingerprint density at radius 1 is 0.819 bits per heavy atom. The fourth-order valence-corrected chi connectivity index (χ4v) is 13.4. The van der Waals surface area contributed by atoms with E-state index in [1.165, 1.54) is 61.2 Å². The van der Waals surface area contributed by atoms with Crippen LogP contribution in [0.3, 0.4) is 0 Å². The summed E-state index contributed by atoms with van der Waals surface area (Å²) in [5.41, 5.74) is 17.3. The summed E-state index contributed by atoms with van der Waals surface area (Å²) < 4.78 is 7.20. The van der Waals surface area contributed by atoms with Crippen LogP contribution >= 0.6 is 21.6 Å². The van der Waals surface area contributed by atoms with Crippen molar-refractivity contribution in [2.75, 3.05) is 44.0 Å². The lowest BCUT2D eigenvalue weighted by Crippen LogP contribution is -2.28. The summed E-state index contributed by atoms with van der Waals surface area (Å²) in [7, 11) is 7.49. The molecule has 1 aliphatic heterocycles. The van der Waals surface area contributed by atoms with Gasteiger partial charge in [0, 0.05) is 118 Å². The van der Waals surface area contributed by atoms with Crippen LogP contribution in [0.5, 0.6) is 0 Å². The molecule has 2 unspecified atom stereocenters. The third-order valence-electron chi connectivity index (χ3n) is 15.5. The van der Waals surface area contributed by atoms with Gasteiger partial charge in [-0.3, -0.25) is 9.59 Å². The number of carbonyl (C=O) groups excluding carboxylic acids is 2. The quantitative estimate of drug-likeness (QED) is 0.0454. The van der Waals surface area contributed by atoms with Gasteiger partial charge in [0.25, 0.3) is 11.8 Å². The Morgan fingerprint density at radius 3 is 2.24 bits per heavy atom. The Hall–Kier alpha value is -5.97. The molecule has 10 heteroatoms. The Balaban J connectivity index is 0.735. The Kier molecular flexibility index (Phi) is 15.0. The van der Waals surface area contributed by atoms with E-state index in [-0.39, 0.29) is 22.6 Å². The molecule has 2 aliphatic carbocycles. The third-order valence-corrected chi connectivity index (χ3v) is 17.9. The van der Waals surface area contributed by atoms with E-state index in [4.69, 9.17) is 0 Å². The summed E-state index contributed by atoms with van der Waals surface area (Å²) in [5, 5.41) is 12.3. The van der Waals surface area contributed by atoms with Crippen LogP contribution in [0.4, 0.5) is 11.4 Å². The zero-order valence-corrected chi connectivity index (χ0v) is 45.7. The van der Waals surface area contributed by atoms with Gasteiger partial charge < -0.3 is 25.1 Å². The Morgan fingerprint density at radius 2 is 1.51 bits per heavy atom. The van der Waals surface area contributed by atoms with E-state index in [0.717, 1.165) is 66.4 Å². The van der Waals surface area contributed by atoms with Crippen LogP contribution in [0.25, 0.3) is 40.0 Å². The second-order valence-corrected chi connectivity index (χ2v) is 23.7. The molecule has 0 saturated heterocycles. The van der Waals surface area contributed by atoms with Crippen LogP contribution in [0, 0.1) is 5.92 Å². The first-order chi connectivity index (χ1) is 34.7. The highest BCUT2D eigenvalue weighted by molar-refractivity contribution is 8.76. The highest BCUT2D eigenvalue weighted by Gasteiger charge is 2.43. The van der Waals surface area contributed by atoms with Gasteiger partial charge in [-0.25, -0.2) is 0 Å². The number of nitrogens with one attached hydrogen (secondary N) is 3. The van der Waals surface area contributed by atoms with E-state index >= 15 is 0 Å². The first-order valence-corrected chi connectivity index (χ1v) is 28.5. The van der Waals surface area contributed by atoms with Crippen LogP contribution in [-0.4, -0.2) is 69.9 Å². The molecule has 2 atom stereocenters. The van der Waals surface area contributed by atoms with Crippen molar-refractivity contribution in [3.63, 3.8) is 0 Å². The minimum absolute atomic E-state index is 0.0600. The standard InChI is InChI=1S/C62H72N6O2S2/c1-11-67-53-27-22-42(36-48(53)58-40(3)17-15-21-55(58)67)18-16-30-61(5,6)49-38-44(23-26-51(49)63-9)59(69)64-31-33-71-72-34-32-65-60(70)45-24-28-54-50(39-45)62(7,8)57(66(54)10)29-25-43-37-47-46-19-13-14-20-52(46)68(12-2)56(47)35-41(43)4/h13-16,18-29,36-41H,11-12,17,30-35H2,1-10H3,(H2-,63,64,65,69,70)/p+1. The first-order valence-electron chi connectivity index (χ1n) is 26.0. The van der Waals surface area contributed by atoms with E-state index in [1.54, 1.807) is 21.6 Å². The molecule has 3 N–H and O–H groups in total. The summed E-state index contributed by atoms with van der Waals surface area (Å²) in [6.45, 7) is 21.2. The molecule has 0 bridgehead atoms. The number of benzene rings is 4. The topological polar surface area (TPSA) is 83.1 Å². The van der Waals surface area contributed by atoms with Crippen molar-refractivity contribution in [1.29, 1.82) is 0 Å². The average Bonchev–Trinajstić information content (AvgIpc) is 3.94. The van der Waals surface area contributed by atoms with Crippen LogP contribution in [-0.2, 0) is 30.3 Å². The number of rotatable bonds is 18. The molecule has 3 heterocycles. The van der Waals surface area contributed by atoms with Crippen molar-refractivity contribution in [3.05, 3.63) is 159 Å². The number of nitrogens with zero attached hydrogens (tertiary/aromatic N) is 3. The van der Waals surface area contributed by atoms with Crippen LogP contribution in [0.2, 0.25) is 0 Å². The van der Waals surface area contributed by atoms with E-state index in [9.17, 15) is 9.59 Å². The molecule has 0 radical (unpaired) electrons. The van der Waals surface area contributed by atoms with Gasteiger partial charge in [0.2, 0.25) is 5.69 Å². The number of anilines is 1. The number of carbonyl (C=O) groups is 2. The average molecular weight is 998 g/mol. The van der Waals surface area contributed by atoms with Crippen molar-refractivity contribution in [2.45, 2.75) is 104 Å². The summed E-state index contributed by atoms with van der Waals surface area (Å²) in [6.07, 6.45) is 19.1. The number of aryl methyl sites for hydroxylation is 2. The molecule has 72 heavy (non-hydrogen) atoms. The third kappa shape index (κ3) is 9.81. The zero-order valence-electron chi connectivity index (χ0n) is 44.0. The second-order valence-electron chi connectivity index (χ2n) is 21.0. The smallest absolute Gasteiger partial charge is 0.251 e. The Bertz CT molecular complexity index is 3230. The minimum Gasteiger partial charge on any atom is -0.388 e. The number of para-hydroxylation sites is 1. The first kappa shape index (κ1) is 51.0. The predicted molar refractivity (Wildman–Crippen MR) is 310 cm³/mol. The van der Waals surface area contributed by atoms with E-state index in [1.807, 2.05) is 31.3 Å². The largest absolute Gasteiger partial charge is 0.388 e. The zero-order chi connectivity index (χ0) is 50.9. The number of hydrogen-bond donors (Lipinski definition) is 3. The fraction of sp³-hybridized carbons (Fsp3) is 0.371. The SMILES string of the molecule is CCn1c2c(c3cc(C=CCC(C)(C)c4cc(C(=O)NCCSSCCNC(=O)c5ccc6c(c5)C(C)(C)C(C=CC5=Cc7c(n(CC)c8ccccc78)CC5C)=[N+]6C)ccc4NC)ccc31)C(C)CC=C2. The maximum absolute atomic E-state index is 13.5. The molecule has 0 saturated carbocycles. The van der Waals surface area contributed by atoms with Gasteiger partial charge in [-0.1, -0.05) is 97.9 Å². The van der Waals surface area contributed by atoms with Crippen molar-refractivity contribution >= 4 is 90.5 Å². The molecule has 3 aliphatic rings. The molecule has 9 rings (SSSR count). The summed E-state index contributed by atoms with van der Waals surface area (Å²) >= 11 is 0. The van der Waals surface area contributed by atoms with Crippen molar-refractivity contribution in [2.24, 2.45) is 5.92 Å². The molecular formula is C62H73N6O2S2+. The molecule has 4 aromatic carbocycles. The normalized spacial score (nSPS) is 17.2. The van der Waals surface area contributed by atoms with E-state index in [2.05, 4.69) is 189 Å². The van der Waals surface area contributed by atoms with Crippen LogP contribution in [0.1, 0.15) is 134 Å². The maximum Gasteiger partial charge on any atom is 0.251 e. The highest BCUT2D eigenvalue weighted by Crippen LogP contribution is 2.42. The number of aromatic nitrogens is 2. The van der Waals surface area contributed by atoms with Crippen LogP contribution in [0.15, 0.2) is 109 Å². The molecular weight excluding hydrogens is 925 g/mol. The molecule has 2 amide bonds. The second kappa shape index (κ2) is 21.2. The highest BCUT2D eigenvalue weighted by atomic mass is 33.1. The molecule has 0 fully saturated rings. The van der Waals surface area contributed by atoms with Gasteiger partial charge in [-0.2, -0.15) is 4.58 Å². The van der Waals surface area contributed by atoms with Gasteiger partial charge in [0.05, 0.1) is 5.41 Å². The van der Waals surface area contributed by atoms with Crippen molar-refractivity contribution in [1.82, 2.24) is 19.8 Å². The molecule has 374 valence electrons. The minimum atomic E-state index is -0.274. The summed E-state index contributed by atoms with van der Waals surface area (Å²) in [6, 6.07) is 27.7. The number of fused-ring (bicyclic) bond motifs is 7. The van der Waals surface area contributed by atoms with E-state index < -0.39 is 0 Å². The predicted octanol–water partition coefficient (Wildman–Crippen LogP) is 14.0. The van der Waals surface area contributed by atoms with Gasteiger partial charge in [-0.15, -0.1) is 0 Å². The lowest BCUT2D eigenvalue weighted by molar-refractivity contribution is -0.401. The molecule has 0 spiro atoms. The number of allylic oxidation sites excluding steroid dienone is 5. The number of amides is 2. The lowest BCUT2D eigenvalue weighted by atomic mass is 9.79. The summed E-state index contributed by atoms with van der Waals surface area (Å²) in [4.78, 5) is 26.9. The van der Waals surface area contributed by atoms with Gasteiger partial charge >= 0.3 is 0 Å². The lowest BCUT2D eigenvalue weighted by Gasteiger charge is -2.27. The Labute approximate surface area is 435 Å². The van der Waals surface area contributed by atoms with Crippen molar-refractivity contribution < 1.29 is 14.2 Å². The monoisotopic (exact) mass is 998 g/mol. The van der Waals surface area contributed by atoms with Crippen LogP contribution < -0.4 is 16.0 Å². The number of hydrogen-bond acceptors (Lipinski definition) is 5. The van der Waals surface area contributed by atoms with Gasteiger partial charge in [0.1, 0.15) is 7.05 Å². The fourth-order valence-electron chi connectivity index (χ4n) is 11.6. The molecule has 2 aromatic heterocycles. The van der Waals surface area contributed by atoms with E-state index in [0.29, 0.717) is 36.1 Å².